The molecule has 0 atom stereocenters. The van der Waals surface area contributed by atoms with Crippen LogP contribution in [-0.2, 0) is 19.3 Å². The number of fused-ring (bicyclic) bond motifs is 1. The van der Waals surface area contributed by atoms with Gasteiger partial charge in [-0.1, -0.05) is 44.0 Å². The number of aromatic hydroxyl groups is 2. The van der Waals surface area contributed by atoms with Crippen LogP contribution in [0.4, 0.5) is 5.82 Å². The van der Waals surface area contributed by atoms with E-state index in [2.05, 4.69) is 52.5 Å². The number of aromatic nitrogens is 1. The summed E-state index contributed by atoms with van der Waals surface area (Å²) in [5.41, 5.74) is 4.62. The standard InChI is InChI=1S/C41H47N3O7/c1-3-29-24-32(40(43-29)44-20-18-42-19-21-44)28-8-6-7-26(23-28)9-14-31-36(47)39(49-2)38(50-22-17-41(48)15-4-5-16-41)35-33(46)25-34(51-37(31)35)27-10-12-30(45)13-11-27/h6-8,10-13,23-25,42-43,45,47-48H,3-5,9,14-22H2,1-2H3. The van der Waals surface area contributed by atoms with Crippen LogP contribution in [0, 0.1) is 0 Å². The highest BCUT2D eigenvalue weighted by Gasteiger charge is 2.32. The van der Waals surface area contributed by atoms with Crippen LogP contribution in [-0.4, -0.2) is 65.8 Å². The van der Waals surface area contributed by atoms with E-state index in [4.69, 9.17) is 13.9 Å². The zero-order valence-electron chi connectivity index (χ0n) is 29.4. The molecular formula is C41H47N3O7. The van der Waals surface area contributed by atoms with Gasteiger partial charge in [-0.05, 0) is 73.6 Å². The summed E-state index contributed by atoms with van der Waals surface area (Å²) < 4.78 is 18.4. The molecule has 7 rings (SSSR count). The SMILES string of the molecule is CCc1cc(-c2cccc(CCc3c(O)c(OC)c(OCCC4(O)CCCC4)c4c(=O)cc(-c5ccc(O)cc5)oc34)c2)c(N2CCNCC2)[nH]1. The molecule has 10 nitrogen and oxygen atoms in total. The van der Waals surface area contributed by atoms with Gasteiger partial charge in [0.1, 0.15) is 28.3 Å². The Morgan fingerprint density at radius 2 is 1.71 bits per heavy atom. The minimum absolute atomic E-state index is 0.0643. The molecule has 0 radical (unpaired) electrons. The molecule has 3 heterocycles. The van der Waals surface area contributed by atoms with Gasteiger partial charge >= 0.3 is 0 Å². The van der Waals surface area contributed by atoms with Crippen molar-refractivity contribution in [1.29, 1.82) is 0 Å². The fourth-order valence-corrected chi connectivity index (χ4v) is 7.55. The van der Waals surface area contributed by atoms with Crippen LogP contribution in [0.1, 0.15) is 55.8 Å². The van der Waals surface area contributed by atoms with E-state index in [-0.39, 0.29) is 46.0 Å². The van der Waals surface area contributed by atoms with E-state index in [9.17, 15) is 20.1 Å². The number of hydrogen-bond acceptors (Lipinski definition) is 9. The molecule has 1 aliphatic carbocycles. The highest BCUT2D eigenvalue weighted by molar-refractivity contribution is 5.93. The minimum atomic E-state index is -0.805. The maximum atomic E-state index is 14.0. The maximum Gasteiger partial charge on any atom is 0.204 e. The zero-order chi connectivity index (χ0) is 35.5. The highest BCUT2D eigenvalue weighted by Crippen LogP contribution is 2.47. The summed E-state index contributed by atoms with van der Waals surface area (Å²) in [5.74, 6) is 1.54. The van der Waals surface area contributed by atoms with Gasteiger partial charge in [0.2, 0.25) is 5.75 Å². The van der Waals surface area contributed by atoms with Crippen molar-refractivity contribution in [2.24, 2.45) is 0 Å². The third kappa shape index (κ3) is 7.16. The van der Waals surface area contributed by atoms with Crippen LogP contribution in [0.3, 0.4) is 0 Å². The molecule has 2 aliphatic rings. The van der Waals surface area contributed by atoms with Crippen molar-refractivity contribution in [3.05, 3.63) is 87.7 Å². The Balaban J connectivity index is 1.26. The van der Waals surface area contributed by atoms with E-state index in [1.807, 2.05) is 0 Å². The number of piperazine rings is 1. The molecule has 2 fully saturated rings. The summed E-state index contributed by atoms with van der Waals surface area (Å²) in [5, 5.41) is 36.2. The number of nitrogens with zero attached hydrogens (tertiary/aromatic N) is 1. The van der Waals surface area contributed by atoms with Gasteiger partial charge < -0.3 is 44.4 Å². The van der Waals surface area contributed by atoms with Crippen LogP contribution >= 0.6 is 0 Å². The molecule has 2 aromatic heterocycles. The van der Waals surface area contributed by atoms with E-state index >= 15 is 0 Å². The number of aliphatic hydroxyl groups is 1. The fourth-order valence-electron chi connectivity index (χ4n) is 7.55. The lowest BCUT2D eigenvalue weighted by Crippen LogP contribution is -2.43. The number of rotatable bonds is 12. The molecular weight excluding hydrogens is 646 g/mol. The Hall–Kier alpha value is -4.93. The average Bonchev–Trinajstić information content (AvgIpc) is 3.79. The van der Waals surface area contributed by atoms with E-state index in [1.54, 1.807) is 12.1 Å². The van der Waals surface area contributed by atoms with Crippen molar-refractivity contribution in [2.45, 2.75) is 63.9 Å². The first-order chi connectivity index (χ1) is 24.8. The van der Waals surface area contributed by atoms with Crippen LogP contribution in [0.5, 0.6) is 23.0 Å². The maximum absolute atomic E-state index is 14.0. The second-order valence-electron chi connectivity index (χ2n) is 13.8. The summed E-state index contributed by atoms with van der Waals surface area (Å²) in [7, 11) is 1.44. The summed E-state index contributed by atoms with van der Waals surface area (Å²) in [6.07, 6.45) is 5.54. The van der Waals surface area contributed by atoms with Gasteiger partial charge in [-0.25, -0.2) is 0 Å². The topological polar surface area (TPSA) is 140 Å². The second kappa shape index (κ2) is 14.7. The van der Waals surface area contributed by atoms with E-state index in [1.165, 1.54) is 36.6 Å². The molecule has 3 aromatic carbocycles. The minimum Gasteiger partial charge on any atom is -0.508 e. The number of methoxy groups -OCH3 is 1. The summed E-state index contributed by atoms with van der Waals surface area (Å²) in [4.78, 5) is 20.0. The predicted octanol–water partition coefficient (Wildman–Crippen LogP) is 6.71. The average molecular weight is 694 g/mol. The van der Waals surface area contributed by atoms with E-state index in [0.717, 1.165) is 62.4 Å². The van der Waals surface area contributed by atoms with Gasteiger partial charge in [0, 0.05) is 61.1 Å². The highest BCUT2D eigenvalue weighted by atomic mass is 16.5. The Morgan fingerprint density at radius 1 is 0.941 bits per heavy atom. The Bertz CT molecular complexity index is 2050. The third-order valence-electron chi connectivity index (χ3n) is 10.4. The number of nitrogens with one attached hydrogen (secondary N) is 2. The lowest BCUT2D eigenvalue weighted by Gasteiger charge is -2.29. The van der Waals surface area contributed by atoms with Gasteiger partial charge in [-0.15, -0.1) is 0 Å². The summed E-state index contributed by atoms with van der Waals surface area (Å²) in [6, 6.07) is 18.5. The van der Waals surface area contributed by atoms with Crippen molar-refractivity contribution < 1.29 is 29.2 Å². The Morgan fingerprint density at radius 3 is 2.43 bits per heavy atom. The lowest BCUT2D eigenvalue weighted by molar-refractivity contribution is 0.0256. The predicted molar refractivity (Wildman–Crippen MR) is 199 cm³/mol. The second-order valence-corrected chi connectivity index (χ2v) is 13.8. The number of H-pyrrole nitrogens is 1. The van der Waals surface area contributed by atoms with E-state index in [0.29, 0.717) is 49.0 Å². The third-order valence-corrected chi connectivity index (χ3v) is 10.4. The summed E-state index contributed by atoms with van der Waals surface area (Å²) in [6.45, 7) is 6.04. The molecule has 5 N–H and O–H groups in total. The van der Waals surface area contributed by atoms with E-state index < -0.39 is 5.60 Å². The van der Waals surface area contributed by atoms with Crippen LogP contribution < -0.4 is 25.1 Å². The molecule has 0 amide bonds. The van der Waals surface area contributed by atoms with Crippen molar-refractivity contribution in [3.8, 4) is 45.4 Å². The number of ether oxygens (including phenoxy) is 2. The number of phenolic OH excluding ortho intramolecular Hbond substituents is 2. The molecule has 1 saturated heterocycles. The Kier molecular flexibility index (Phi) is 9.97. The molecule has 10 heteroatoms. The normalized spacial score (nSPS) is 15.8. The van der Waals surface area contributed by atoms with Gasteiger partial charge in [0.05, 0.1) is 19.3 Å². The van der Waals surface area contributed by atoms with Gasteiger partial charge in [-0.3, -0.25) is 4.79 Å². The molecule has 0 unspecified atom stereocenters. The van der Waals surface area contributed by atoms with Crippen LogP contribution in [0.15, 0.2) is 69.9 Å². The Labute approximate surface area is 297 Å². The number of anilines is 1. The molecule has 1 saturated carbocycles. The first-order valence-electron chi connectivity index (χ1n) is 18.1. The molecule has 51 heavy (non-hydrogen) atoms. The number of aromatic amines is 1. The first kappa shape index (κ1) is 34.5. The van der Waals surface area contributed by atoms with Crippen molar-refractivity contribution in [3.63, 3.8) is 0 Å². The lowest BCUT2D eigenvalue weighted by atomic mass is 9.97. The number of hydrogen-bond donors (Lipinski definition) is 5. The molecule has 5 aromatic rings. The number of benzene rings is 3. The molecule has 0 bridgehead atoms. The molecule has 1 aliphatic heterocycles. The first-order valence-corrected chi connectivity index (χ1v) is 18.1. The van der Waals surface area contributed by atoms with Gasteiger partial charge in [0.15, 0.2) is 16.9 Å². The van der Waals surface area contributed by atoms with Gasteiger partial charge in [0.25, 0.3) is 0 Å². The smallest absolute Gasteiger partial charge is 0.204 e. The number of phenols is 2. The van der Waals surface area contributed by atoms with Crippen molar-refractivity contribution in [2.75, 3.05) is 44.8 Å². The van der Waals surface area contributed by atoms with Crippen molar-refractivity contribution in [1.82, 2.24) is 10.3 Å². The van der Waals surface area contributed by atoms with Crippen LogP contribution in [0.2, 0.25) is 0 Å². The quantitative estimate of drug-likeness (QED) is 0.0965. The fraction of sp³-hybridized carbons (Fsp3) is 0.390. The monoisotopic (exact) mass is 693 g/mol. The van der Waals surface area contributed by atoms with Gasteiger partial charge in [-0.2, -0.15) is 0 Å². The number of aryl methyl sites for hydroxylation is 3. The summed E-state index contributed by atoms with van der Waals surface area (Å²) >= 11 is 0. The molecule has 268 valence electrons. The molecule has 0 spiro atoms. The van der Waals surface area contributed by atoms with Crippen LogP contribution in [0.25, 0.3) is 33.4 Å². The largest absolute Gasteiger partial charge is 0.508 e. The zero-order valence-corrected chi connectivity index (χ0v) is 29.4. The van der Waals surface area contributed by atoms with Crippen molar-refractivity contribution >= 4 is 16.8 Å².